The lowest BCUT2D eigenvalue weighted by molar-refractivity contribution is -0.155. The average Bonchev–Trinajstić information content (AvgIpc) is 2.75. The van der Waals surface area contributed by atoms with E-state index in [1.54, 1.807) is 12.1 Å². The monoisotopic (exact) mass is 313 g/mol. The van der Waals surface area contributed by atoms with Crippen LogP contribution in [0.4, 0.5) is 13.2 Å². The van der Waals surface area contributed by atoms with Crippen molar-refractivity contribution in [3.05, 3.63) is 57.3 Å². The molecule has 1 heterocycles. The van der Waals surface area contributed by atoms with Crippen molar-refractivity contribution in [1.29, 1.82) is 0 Å². The lowest BCUT2D eigenvalue weighted by atomic mass is 10.1. The van der Waals surface area contributed by atoms with Crippen LogP contribution in [0, 0.1) is 13.8 Å². The van der Waals surface area contributed by atoms with Gasteiger partial charge in [-0.3, -0.25) is 4.79 Å². The Morgan fingerprint density at radius 3 is 2.29 bits per heavy atom. The smallest absolute Gasteiger partial charge is 0.336 e. The predicted octanol–water partition coefficient (Wildman–Crippen LogP) is 4.40. The minimum atomic E-state index is -4.54. The van der Waals surface area contributed by atoms with Gasteiger partial charge in [0.05, 0.1) is 4.88 Å². The lowest BCUT2D eigenvalue weighted by Crippen LogP contribution is -2.37. The molecule has 112 valence electrons. The molecule has 1 aromatic carbocycles. The van der Waals surface area contributed by atoms with Crippen LogP contribution in [0.25, 0.3) is 0 Å². The molecule has 0 aliphatic carbocycles. The number of benzene rings is 1. The Balaban J connectivity index is 2.26. The summed E-state index contributed by atoms with van der Waals surface area (Å²) >= 11 is 1.19. The van der Waals surface area contributed by atoms with E-state index in [1.165, 1.54) is 35.6 Å². The van der Waals surface area contributed by atoms with Gasteiger partial charge in [-0.15, -0.1) is 11.3 Å². The van der Waals surface area contributed by atoms with E-state index >= 15 is 0 Å². The molecule has 2 rings (SSSR count). The van der Waals surface area contributed by atoms with Gasteiger partial charge in [-0.25, -0.2) is 0 Å². The zero-order valence-electron chi connectivity index (χ0n) is 11.5. The largest absolute Gasteiger partial charge is 0.412 e. The molecule has 21 heavy (non-hydrogen) atoms. The molecule has 0 spiro atoms. The van der Waals surface area contributed by atoms with Gasteiger partial charge in [-0.05, 0) is 31.0 Å². The van der Waals surface area contributed by atoms with Gasteiger partial charge in [-0.1, -0.05) is 30.3 Å². The SMILES string of the molecule is Cc1cc(C(=O)NC(c2ccccc2)C(F)(F)F)sc1C. The fourth-order valence-electron chi connectivity index (χ4n) is 1.89. The summed E-state index contributed by atoms with van der Waals surface area (Å²) in [7, 11) is 0. The molecule has 1 N–H and O–H groups in total. The zero-order chi connectivity index (χ0) is 15.6. The predicted molar refractivity (Wildman–Crippen MR) is 76.5 cm³/mol. The van der Waals surface area contributed by atoms with E-state index < -0.39 is 18.1 Å². The molecule has 0 bridgehead atoms. The first kappa shape index (κ1) is 15.6. The molecule has 2 nitrogen and oxygen atoms in total. The molecule has 0 aliphatic heterocycles. The summed E-state index contributed by atoms with van der Waals surface area (Å²) in [6, 6.07) is 6.96. The maximum absolute atomic E-state index is 13.2. The Kier molecular flexibility index (Phi) is 4.37. The van der Waals surface area contributed by atoms with Crippen molar-refractivity contribution in [1.82, 2.24) is 5.32 Å². The summed E-state index contributed by atoms with van der Waals surface area (Å²) in [5.41, 5.74) is 0.914. The normalized spacial score (nSPS) is 13.0. The van der Waals surface area contributed by atoms with Gasteiger partial charge in [0.15, 0.2) is 6.04 Å². The Labute approximate surface area is 124 Å². The fourth-order valence-corrected chi connectivity index (χ4v) is 2.82. The van der Waals surface area contributed by atoms with Gasteiger partial charge in [0.2, 0.25) is 0 Å². The molecular weight excluding hydrogens is 299 g/mol. The third-order valence-electron chi connectivity index (χ3n) is 3.13. The summed E-state index contributed by atoms with van der Waals surface area (Å²) < 4.78 is 39.5. The van der Waals surface area contributed by atoms with Crippen molar-refractivity contribution >= 4 is 17.2 Å². The molecule has 1 atom stereocenters. The van der Waals surface area contributed by atoms with Crippen LogP contribution in [-0.4, -0.2) is 12.1 Å². The second-order valence-electron chi connectivity index (χ2n) is 4.71. The number of rotatable bonds is 3. The highest BCUT2D eigenvalue weighted by Gasteiger charge is 2.42. The standard InChI is InChI=1S/C15H14F3NOS/c1-9-8-12(21-10(9)2)14(20)19-13(15(16,17)18)11-6-4-3-5-7-11/h3-8,13H,1-2H3,(H,19,20). The van der Waals surface area contributed by atoms with Crippen LogP contribution in [0.5, 0.6) is 0 Å². The highest BCUT2D eigenvalue weighted by Crippen LogP contribution is 2.33. The molecule has 0 aliphatic rings. The topological polar surface area (TPSA) is 29.1 Å². The van der Waals surface area contributed by atoms with E-state index in [-0.39, 0.29) is 10.4 Å². The van der Waals surface area contributed by atoms with E-state index in [1.807, 2.05) is 13.8 Å². The van der Waals surface area contributed by atoms with Gasteiger partial charge in [0.25, 0.3) is 5.91 Å². The number of aryl methyl sites for hydroxylation is 2. The molecule has 2 aromatic rings. The number of thiophene rings is 1. The summed E-state index contributed by atoms with van der Waals surface area (Å²) in [6.07, 6.45) is -4.54. The molecule has 0 fully saturated rings. The van der Waals surface area contributed by atoms with Crippen LogP contribution in [0.15, 0.2) is 36.4 Å². The van der Waals surface area contributed by atoms with Crippen molar-refractivity contribution in [2.45, 2.75) is 26.1 Å². The maximum atomic E-state index is 13.2. The van der Waals surface area contributed by atoms with Crippen LogP contribution in [-0.2, 0) is 0 Å². The van der Waals surface area contributed by atoms with E-state index in [4.69, 9.17) is 0 Å². The van der Waals surface area contributed by atoms with Crippen molar-refractivity contribution < 1.29 is 18.0 Å². The molecule has 0 radical (unpaired) electrons. The molecular formula is C15H14F3NOS. The minimum absolute atomic E-state index is 0.0170. The average molecular weight is 313 g/mol. The number of hydrogen-bond donors (Lipinski definition) is 1. The fraction of sp³-hybridized carbons (Fsp3) is 0.267. The van der Waals surface area contributed by atoms with Crippen molar-refractivity contribution in [2.75, 3.05) is 0 Å². The van der Waals surface area contributed by atoms with Crippen LogP contribution >= 0.6 is 11.3 Å². The highest BCUT2D eigenvalue weighted by atomic mass is 32.1. The number of amides is 1. The number of hydrogen-bond acceptors (Lipinski definition) is 2. The first-order valence-electron chi connectivity index (χ1n) is 6.28. The summed E-state index contributed by atoms with van der Waals surface area (Å²) in [4.78, 5) is 13.2. The summed E-state index contributed by atoms with van der Waals surface area (Å²) in [5.74, 6) is -0.706. The third kappa shape index (κ3) is 3.64. The number of halogens is 3. The first-order valence-corrected chi connectivity index (χ1v) is 7.10. The van der Waals surface area contributed by atoms with Crippen molar-refractivity contribution in [3.63, 3.8) is 0 Å². The first-order chi connectivity index (χ1) is 9.79. The maximum Gasteiger partial charge on any atom is 0.412 e. The van der Waals surface area contributed by atoms with Gasteiger partial charge >= 0.3 is 6.18 Å². The van der Waals surface area contributed by atoms with Crippen LogP contribution in [0.1, 0.15) is 31.7 Å². The molecule has 1 aromatic heterocycles. The van der Waals surface area contributed by atoms with Crippen molar-refractivity contribution in [2.24, 2.45) is 0 Å². The summed E-state index contributed by atoms with van der Waals surface area (Å²) in [6.45, 7) is 3.65. The molecule has 0 saturated carbocycles. The number of alkyl halides is 3. The van der Waals surface area contributed by atoms with Gasteiger partial charge in [0.1, 0.15) is 0 Å². The summed E-state index contributed by atoms with van der Waals surface area (Å²) in [5, 5.41) is 2.08. The van der Waals surface area contributed by atoms with Crippen LogP contribution < -0.4 is 5.32 Å². The Hall–Kier alpha value is -1.82. The second kappa shape index (κ2) is 5.89. The molecule has 1 amide bonds. The van der Waals surface area contributed by atoms with E-state index in [0.29, 0.717) is 0 Å². The van der Waals surface area contributed by atoms with Crippen molar-refractivity contribution in [3.8, 4) is 0 Å². The van der Waals surface area contributed by atoms with Crippen LogP contribution in [0.3, 0.4) is 0 Å². The molecule has 0 saturated heterocycles. The third-order valence-corrected chi connectivity index (χ3v) is 4.28. The lowest BCUT2D eigenvalue weighted by Gasteiger charge is -2.21. The molecule has 6 heteroatoms. The van der Waals surface area contributed by atoms with Crippen LogP contribution in [0.2, 0.25) is 0 Å². The Bertz CT molecular complexity index is 615. The number of carbonyl (C=O) groups excluding carboxylic acids is 1. The quantitative estimate of drug-likeness (QED) is 0.894. The highest BCUT2D eigenvalue weighted by molar-refractivity contribution is 7.14. The van der Waals surface area contributed by atoms with Gasteiger partial charge in [0, 0.05) is 4.88 Å². The molecule has 1 unspecified atom stereocenters. The zero-order valence-corrected chi connectivity index (χ0v) is 12.3. The second-order valence-corrected chi connectivity index (χ2v) is 5.96. The minimum Gasteiger partial charge on any atom is -0.336 e. The van der Waals surface area contributed by atoms with E-state index in [0.717, 1.165) is 10.4 Å². The van der Waals surface area contributed by atoms with E-state index in [2.05, 4.69) is 5.32 Å². The van der Waals surface area contributed by atoms with E-state index in [9.17, 15) is 18.0 Å². The number of carbonyl (C=O) groups is 1. The van der Waals surface area contributed by atoms with Gasteiger partial charge < -0.3 is 5.32 Å². The number of nitrogens with one attached hydrogen (secondary N) is 1. The van der Waals surface area contributed by atoms with Gasteiger partial charge in [-0.2, -0.15) is 13.2 Å². The Morgan fingerprint density at radius 2 is 1.81 bits per heavy atom. The Morgan fingerprint density at radius 1 is 1.19 bits per heavy atom.